The molecule has 0 fully saturated rings. The Morgan fingerprint density at radius 3 is 1.50 bits per heavy atom. The van der Waals surface area contributed by atoms with Gasteiger partial charge in [-0.2, -0.15) is 0 Å². The summed E-state index contributed by atoms with van der Waals surface area (Å²) in [5, 5.41) is 0. The number of aryl methyl sites for hydroxylation is 2. The van der Waals surface area contributed by atoms with Gasteiger partial charge in [0.25, 0.3) is 0 Å². The Bertz CT molecular complexity index is 750. The molecule has 0 aliphatic heterocycles. The molecule has 3 nitrogen and oxygen atoms in total. The van der Waals surface area contributed by atoms with Crippen LogP contribution in [0, 0.1) is 13.8 Å². The molecule has 4 heteroatoms. The first kappa shape index (κ1) is 23.0. The Kier molecular flexibility index (Phi) is 7.10. The summed E-state index contributed by atoms with van der Waals surface area (Å²) in [6.45, 7) is 17.8. The summed E-state index contributed by atoms with van der Waals surface area (Å²) in [4.78, 5) is 19.0. The van der Waals surface area contributed by atoms with Crippen LogP contribution in [0.3, 0.4) is 0 Å². The minimum Gasteiger partial charge on any atom is -0.328 e. The topological polar surface area (TPSA) is 49.7 Å². The fourth-order valence-corrected chi connectivity index (χ4v) is 4.33. The van der Waals surface area contributed by atoms with Gasteiger partial charge in [0.15, 0.2) is 0 Å². The second kappa shape index (κ2) is 8.63. The highest BCUT2D eigenvalue weighted by Gasteiger charge is 2.31. The van der Waals surface area contributed by atoms with E-state index in [0.717, 1.165) is 0 Å². The molecule has 0 spiro atoms. The van der Waals surface area contributed by atoms with Gasteiger partial charge in [-0.05, 0) is 58.1 Å². The first-order chi connectivity index (χ1) is 12.8. The van der Waals surface area contributed by atoms with Gasteiger partial charge in [-0.15, -0.1) is 0 Å². The van der Waals surface area contributed by atoms with E-state index in [4.69, 9.17) is 4.52 Å². The summed E-state index contributed by atoms with van der Waals surface area (Å²) in [6.07, 6.45) is 0. The molecular formula is C24H35O3P. The van der Waals surface area contributed by atoms with Crippen LogP contribution in [-0.2, 0) is 15.4 Å². The van der Waals surface area contributed by atoms with Gasteiger partial charge in [-0.1, -0.05) is 77.9 Å². The van der Waals surface area contributed by atoms with E-state index in [1.54, 1.807) is 0 Å². The summed E-state index contributed by atoms with van der Waals surface area (Å²) in [7, 11) is -2.41. The molecule has 0 aromatic heterocycles. The third kappa shape index (κ3) is 5.21. The van der Waals surface area contributed by atoms with Crippen molar-refractivity contribution in [2.24, 2.45) is 0 Å². The summed E-state index contributed by atoms with van der Waals surface area (Å²) in [5.74, 6) is -0.0739. The lowest BCUT2D eigenvalue weighted by Crippen LogP contribution is -2.24. The minimum atomic E-state index is -2.41. The van der Waals surface area contributed by atoms with Crippen molar-refractivity contribution in [1.82, 2.24) is 0 Å². The van der Waals surface area contributed by atoms with Gasteiger partial charge in [-0.3, -0.25) is 0 Å². The SMILES string of the molecule is Cc1cccc(C(C)(C)C)c1C(COP(O)O)c1c(C)cccc1C(C)(C)C. The lowest BCUT2D eigenvalue weighted by Gasteiger charge is -2.33. The summed E-state index contributed by atoms with van der Waals surface area (Å²) < 4.78 is 5.43. The van der Waals surface area contributed by atoms with Gasteiger partial charge in [0.2, 0.25) is 0 Å². The molecule has 0 amide bonds. The number of hydrogen-bond acceptors (Lipinski definition) is 3. The average Bonchev–Trinajstić information content (AvgIpc) is 2.55. The molecule has 0 bridgehead atoms. The number of benzene rings is 2. The normalized spacial score (nSPS) is 12.9. The molecule has 0 heterocycles. The van der Waals surface area contributed by atoms with Crippen molar-refractivity contribution in [3.8, 4) is 0 Å². The van der Waals surface area contributed by atoms with Gasteiger partial charge in [0.05, 0.1) is 6.61 Å². The van der Waals surface area contributed by atoms with Crippen molar-refractivity contribution in [3.05, 3.63) is 69.8 Å². The second-order valence-corrected chi connectivity index (χ2v) is 10.4. The van der Waals surface area contributed by atoms with Gasteiger partial charge in [-0.25, -0.2) is 0 Å². The predicted molar refractivity (Wildman–Crippen MR) is 119 cm³/mol. The largest absolute Gasteiger partial charge is 0.328 e. The average molecular weight is 403 g/mol. The first-order valence-corrected chi connectivity index (χ1v) is 11.0. The molecule has 2 aromatic rings. The predicted octanol–water partition coefficient (Wildman–Crippen LogP) is 6.26. The zero-order chi connectivity index (χ0) is 21.3. The Labute approximate surface area is 171 Å². The first-order valence-electron chi connectivity index (χ1n) is 9.84. The van der Waals surface area contributed by atoms with Crippen LogP contribution in [0.1, 0.15) is 80.8 Å². The van der Waals surface area contributed by atoms with E-state index in [9.17, 15) is 9.79 Å². The Balaban J connectivity index is 2.82. The molecule has 0 atom stereocenters. The van der Waals surface area contributed by atoms with Crippen molar-refractivity contribution < 1.29 is 14.3 Å². The number of rotatable bonds is 5. The maximum Gasteiger partial charge on any atom is 0.327 e. The molecule has 2 aromatic carbocycles. The van der Waals surface area contributed by atoms with E-state index in [0.29, 0.717) is 0 Å². The van der Waals surface area contributed by atoms with Crippen molar-refractivity contribution in [3.63, 3.8) is 0 Å². The molecular weight excluding hydrogens is 367 g/mol. The van der Waals surface area contributed by atoms with Crippen LogP contribution < -0.4 is 0 Å². The third-order valence-electron chi connectivity index (χ3n) is 5.32. The smallest absolute Gasteiger partial charge is 0.327 e. The highest BCUT2D eigenvalue weighted by Crippen LogP contribution is 2.43. The fraction of sp³-hybridized carbons (Fsp3) is 0.500. The van der Waals surface area contributed by atoms with Crippen molar-refractivity contribution in [1.29, 1.82) is 0 Å². The lowest BCUT2D eigenvalue weighted by atomic mass is 9.72. The molecule has 0 unspecified atom stereocenters. The Morgan fingerprint density at radius 2 is 1.18 bits per heavy atom. The molecule has 2 N–H and O–H groups in total. The standard InChI is InChI=1S/C24H35O3P/c1-16-11-9-13-19(23(3,4)5)21(16)18(15-27-28(25)26)22-17(2)12-10-14-20(22)24(6,7)8/h9-14,18,25-26H,15H2,1-8H3. The molecule has 0 saturated carbocycles. The van der Waals surface area contributed by atoms with Crippen LogP contribution in [0.5, 0.6) is 0 Å². The van der Waals surface area contributed by atoms with E-state index >= 15 is 0 Å². The molecule has 0 aliphatic carbocycles. The maximum atomic E-state index is 9.49. The van der Waals surface area contributed by atoms with Gasteiger partial charge >= 0.3 is 8.60 Å². The molecule has 154 valence electrons. The molecule has 0 saturated heterocycles. The molecule has 28 heavy (non-hydrogen) atoms. The van der Waals surface area contributed by atoms with Crippen LogP contribution >= 0.6 is 8.60 Å². The number of hydrogen-bond donors (Lipinski definition) is 2. The van der Waals surface area contributed by atoms with Crippen LogP contribution in [0.15, 0.2) is 36.4 Å². The quantitative estimate of drug-likeness (QED) is 0.581. The zero-order valence-electron chi connectivity index (χ0n) is 18.5. The van der Waals surface area contributed by atoms with Gasteiger partial charge in [0, 0.05) is 5.92 Å². The van der Waals surface area contributed by atoms with Crippen molar-refractivity contribution in [2.75, 3.05) is 6.61 Å². The van der Waals surface area contributed by atoms with Crippen LogP contribution in [0.25, 0.3) is 0 Å². The molecule has 0 radical (unpaired) electrons. The summed E-state index contributed by atoms with van der Waals surface area (Å²) in [6, 6.07) is 12.8. The Morgan fingerprint density at radius 1 is 0.786 bits per heavy atom. The van der Waals surface area contributed by atoms with E-state index in [2.05, 4.69) is 91.8 Å². The maximum absolute atomic E-state index is 9.49. The summed E-state index contributed by atoms with van der Waals surface area (Å²) >= 11 is 0. The molecule has 2 rings (SSSR count). The second-order valence-electron chi connectivity index (χ2n) is 9.67. The molecule has 0 aliphatic rings. The van der Waals surface area contributed by atoms with Crippen LogP contribution in [0.4, 0.5) is 0 Å². The van der Waals surface area contributed by atoms with Crippen molar-refractivity contribution >= 4 is 8.60 Å². The fourth-order valence-electron chi connectivity index (χ4n) is 4.05. The lowest BCUT2D eigenvalue weighted by molar-refractivity contribution is 0.245. The van der Waals surface area contributed by atoms with Gasteiger partial charge < -0.3 is 14.3 Å². The van der Waals surface area contributed by atoms with E-state index in [-0.39, 0.29) is 23.4 Å². The highest BCUT2D eigenvalue weighted by atomic mass is 31.2. The summed E-state index contributed by atoms with van der Waals surface area (Å²) in [5.41, 5.74) is 7.32. The monoisotopic (exact) mass is 402 g/mol. The van der Waals surface area contributed by atoms with Crippen LogP contribution in [0.2, 0.25) is 0 Å². The van der Waals surface area contributed by atoms with Crippen molar-refractivity contribution in [2.45, 2.75) is 72.1 Å². The minimum absolute atomic E-state index is 0.0344. The van der Waals surface area contributed by atoms with E-state index < -0.39 is 8.60 Å². The highest BCUT2D eigenvalue weighted by molar-refractivity contribution is 7.39. The Hall–Kier alpha value is -1.25. The zero-order valence-corrected chi connectivity index (χ0v) is 19.4. The third-order valence-corrected chi connectivity index (χ3v) is 5.70. The van der Waals surface area contributed by atoms with Gasteiger partial charge in [0.1, 0.15) is 0 Å². The van der Waals surface area contributed by atoms with E-state index in [1.807, 2.05) is 0 Å². The van der Waals surface area contributed by atoms with E-state index in [1.165, 1.54) is 33.4 Å². The van der Waals surface area contributed by atoms with Crippen LogP contribution in [-0.4, -0.2) is 16.4 Å².